The van der Waals surface area contributed by atoms with Crippen LogP contribution in [0.2, 0.25) is 0 Å². The molecule has 30 heavy (non-hydrogen) atoms. The van der Waals surface area contributed by atoms with E-state index in [4.69, 9.17) is 14.2 Å². The van der Waals surface area contributed by atoms with Crippen molar-refractivity contribution in [2.75, 3.05) is 26.1 Å². The molecule has 0 aliphatic carbocycles. The second-order valence-electron chi connectivity index (χ2n) is 7.91. The van der Waals surface area contributed by atoms with Crippen LogP contribution in [-0.4, -0.2) is 31.8 Å². The van der Waals surface area contributed by atoms with E-state index < -0.39 is 0 Å². The van der Waals surface area contributed by atoms with E-state index in [2.05, 4.69) is 33.0 Å². The number of carbonyl (C=O) groups is 1. The molecule has 2 N–H and O–H groups in total. The molecule has 0 aromatic heterocycles. The van der Waals surface area contributed by atoms with E-state index in [1.165, 1.54) is 20.3 Å². The molecule has 0 heterocycles. The molecule has 2 rings (SSSR count). The van der Waals surface area contributed by atoms with Crippen LogP contribution in [0.4, 0.5) is 5.69 Å². The van der Waals surface area contributed by atoms with Crippen molar-refractivity contribution in [1.29, 1.82) is 0 Å². The van der Waals surface area contributed by atoms with Gasteiger partial charge in [-0.3, -0.25) is 4.79 Å². The zero-order valence-corrected chi connectivity index (χ0v) is 18.5. The third kappa shape index (κ3) is 5.92. The summed E-state index contributed by atoms with van der Waals surface area (Å²) in [6, 6.07) is 8.92. The zero-order valence-electron chi connectivity index (χ0n) is 18.5. The number of hydrogen-bond donors (Lipinski definition) is 2. The minimum Gasteiger partial charge on any atom is -0.502 e. The molecule has 0 atom stereocenters. The van der Waals surface area contributed by atoms with E-state index in [0.717, 1.165) is 17.7 Å². The molecule has 6 heteroatoms. The Morgan fingerprint density at radius 3 is 2.23 bits per heavy atom. The topological polar surface area (TPSA) is 77.0 Å². The van der Waals surface area contributed by atoms with Gasteiger partial charge in [-0.2, -0.15) is 0 Å². The standard InChI is InChI=1S/C24H31NO5/c1-7-12-30-19-10-9-17(15-18(19)24(2,3)4)25-22(26)11-8-16-13-20(28-5)23(27)21(14-16)29-6/h8-11,13-15,27H,7,12H2,1-6H3,(H,25,26)/b11-8+. The number of phenols is 1. The van der Waals surface area contributed by atoms with Gasteiger partial charge >= 0.3 is 0 Å². The number of hydrogen-bond acceptors (Lipinski definition) is 5. The lowest BCUT2D eigenvalue weighted by Gasteiger charge is -2.23. The largest absolute Gasteiger partial charge is 0.502 e. The van der Waals surface area contributed by atoms with Crippen LogP contribution >= 0.6 is 0 Å². The van der Waals surface area contributed by atoms with Gasteiger partial charge in [0.25, 0.3) is 0 Å². The summed E-state index contributed by atoms with van der Waals surface area (Å²) in [6.07, 6.45) is 3.98. The minimum absolute atomic E-state index is 0.0818. The number of ether oxygens (including phenoxy) is 3. The Morgan fingerprint density at radius 2 is 1.70 bits per heavy atom. The Kier molecular flexibility index (Phi) is 7.75. The van der Waals surface area contributed by atoms with Crippen LogP contribution < -0.4 is 19.5 Å². The van der Waals surface area contributed by atoms with Crippen LogP contribution in [0.15, 0.2) is 36.4 Å². The molecule has 0 saturated heterocycles. The molecule has 2 aromatic carbocycles. The molecular formula is C24H31NO5. The Balaban J connectivity index is 2.20. The summed E-state index contributed by atoms with van der Waals surface area (Å²) in [5.74, 6) is 1.02. The number of anilines is 1. The third-order valence-corrected chi connectivity index (χ3v) is 4.45. The van der Waals surface area contributed by atoms with Crippen LogP contribution in [0, 0.1) is 0 Å². The lowest BCUT2D eigenvalue weighted by molar-refractivity contribution is -0.111. The van der Waals surface area contributed by atoms with Crippen LogP contribution in [0.5, 0.6) is 23.0 Å². The van der Waals surface area contributed by atoms with Crippen molar-refractivity contribution in [3.05, 3.63) is 47.5 Å². The maximum atomic E-state index is 12.4. The van der Waals surface area contributed by atoms with Crippen molar-refractivity contribution in [2.24, 2.45) is 0 Å². The fourth-order valence-corrected chi connectivity index (χ4v) is 2.90. The average molecular weight is 414 g/mol. The monoisotopic (exact) mass is 413 g/mol. The normalized spacial score (nSPS) is 11.4. The first kappa shape index (κ1) is 23.1. The molecule has 0 spiro atoms. The van der Waals surface area contributed by atoms with Gasteiger partial charge in [-0.1, -0.05) is 27.7 Å². The van der Waals surface area contributed by atoms with E-state index in [1.54, 1.807) is 18.2 Å². The number of benzene rings is 2. The Labute approximate surface area is 178 Å². The summed E-state index contributed by atoms with van der Waals surface area (Å²) in [4.78, 5) is 12.4. The number of aromatic hydroxyl groups is 1. The summed E-state index contributed by atoms with van der Waals surface area (Å²) in [5.41, 5.74) is 2.26. The molecule has 0 aliphatic heterocycles. The van der Waals surface area contributed by atoms with Gasteiger partial charge in [0.05, 0.1) is 20.8 Å². The van der Waals surface area contributed by atoms with Gasteiger partial charge in [-0.25, -0.2) is 0 Å². The van der Waals surface area contributed by atoms with Crippen molar-refractivity contribution in [3.8, 4) is 23.0 Å². The van der Waals surface area contributed by atoms with Crippen LogP contribution in [0.25, 0.3) is 6.08 Å². The first-order valence-electron chi connectivity index (χ1n) is 9.91. The summed E-state index contributed by atoms with van der Waals surface area (Å²) >= 11 is 0. The maximum Gasteiger partial charge on any atom is 0.248 e. The third-order valence-electron chi connectivity index (χ3n) is 4.45. The molecule has 1 amide bonds. The van der Waals surface area contributed by atoms with E-state index in [0.29, 0.717) is 17.9 Å². The lowest BCUT2D eigenvalue weighted by Crippen LogP contribution is -2.15. The summed E-state index contributed by atoms with van der Waals surface area (Å²) in [5, 5.41) is 12.9. The first-order valence-corrected chi connectivity index (χ1v) is 9.91. The number of phenolic OH excluding ortho intramolecular Hbond substituents is 1. The van der Waals surface area contributed by atoms with Gasteiger partial charge < -0.3 is 24.6 Å². The quantitative estimate of drug-likeness (QED) is 0.586. The molecule has 0 unspecified atom stereocenters. The number of carbonyl (C=O) groups excluding carboxylic acids is 1. The highest BCUT2D eigenvalue weighted by atomic mass is 16.5. The highest BCUT2D eigenvalue weighted by molar-refractivity contribution is 6.02. The molecular weight excluding hydrogens is 382 g/mol. The predicted molar refractivity (Wildman–Crippen MR) is 120 cm³/mol. The lowest BCUT2D eigenvalue weighted by atomic mass is 9.86. The van der Waals surface area contributed by atoms with Crippen LogP contribution in [0.1, 0.15) is 45.2 Å². The molecule has 0 bridgehead atoms. The molecule has 0 radical (unpaired) electrons. The summed E-state index contributed by atoms with van der Waals surface area (Å²) in [6.45, 7) is 9.04. The minimum atomic E-state index is -0.275. The maximum absolute atomic E-state index is 12.4. The number of rotatable bonds is 8. The van der Waals surface area contributed by atoms with E-state index in [-0.39, 0.29) is 28.6 Å². The Morgan fingerprint density at radius 1 is 1.07 bits per heavy atom. The number of nitrogens with one attached hydrogen (secondary N) is 1. The molecule has 0 aliphatic rings. The smallest absolute Gasteiger partial charge is 0.248 e. The predicted octanol–water partition coefficient (Wildman–Crippen LogP) is 5.15. The fraction of sp³-hybridized carbons (Fsp3) is 0.375. The second-order valence-corrected chi connectivity index (χ2v) is 7.91. The van der Waals surface area contributed by atoms with Crippen molar-refractivity contribution >= 4 is 17.7 Å². The molecule has 162 valence electrons. The van der Waals surface area contributed by atoms with E-state index in [1.807, 2.05) is 18.2 Å². The molecule has 0 saturated carbocycles. The zero-order chi connectivity index (χ0) is 22.3. The number of amides is 1. The van der Waals surface area contributed by atoms with Gasteiger partial charge in [-0.15, -0.1) is 0 Å². The van der Waals surface area contributed by atoms with Gasteiger partial charge in [0.2, 0.25) is 11.7 Å². The first-order chi connectivity index (χ1) is 14.2. The average Bonchev–Trinajstić information content (AvgIpc) is 2.71. The molecule has 0 fully saturated rings. The highest BCUT2D eigenvalue weighted by Gasteiger charge is 2.20. The Bertz CT molecular complexity index is 887. The van der Waals surface area contributed by atoms with E-state index in [9.17, 15) is 9.90 Å². The van der Waals surface area contributed by atoms with Crippen molar-refractivity contribution < 1.29 is 24.1 Å². The SMILES string of the molecule is CCCOc1ccc(NC(=O)/C=C/c2cc(OC)c(O)c(OC)c2)cc1C(C)(C)C. The van der Waals surface area contributed by atoms with Crippen LogP contribution in [0.3, 0.4) is 0 Å². The Hall–Kier alpha value is -3.15. The van der Waals surface area contributed by atoms with E-state index >= 15 is 0 Å². The second kappa shape index (κ2) is 10.1. The highest BCUT2D eigenvalue weighted by Crippen LogP contribution is 2.37. The van der Waals surface area contributed by atoms with Crippen molar-refractivity contribution in [1.82, 2.24) is 0 Å². The van der Waals surface area contributed by atoms with Crippen molar-refractivity contribution in [2.45, 2.75) is 39.5 Å². The molecule has 2 aromatic rings. The molecule has 6 nitrogen and oxygen atoms in total. The van der Waals surface area contributed by atoms with Gasteiger partial charge in [-0.05, 0) is 53.8 Å². The van der Waals surface area contributed by atoms with Gasteiger partial charge in [0.1, 0.15) is 5.75 Å². The number of methoxy groups -OCH3 is 2. The van der Waals surface area contributed by atoms with Crippen molar-refractivity contribution in [3.63, 3.8) is 0 Å². The van der Waals surface area contributed by atoms with Crippen LogP contribution in [-0.2, 0) is 10.2 Å². The summed E-state index contributed by atoms with van der Waals surface area (Å²) in [7, 11) is 2.91. The fourth-order valence-electron chi connectivity index (χ4n) is 2.90. The van der Waals surface area contributed by atoms with Gasteiger partial charge in [0.15, 0.2) is 11.5 Å². The summed E-state index contributed by atoms with van der Waals surface area (Å²) < 4.78 is 16.1. The van der Waals surface area contributed by atoms with Gasteiger partial charge in [0, 0.05) is 17.3 Å².